The maximum atomic E-state index is 12.4. The molecule has 1 aromatic carbocycles. The fraction of sp³-hybridized carbons (Fsp3) is 0.333. The Bertz CT molecular complexity index is 703. The van der Waals surface area contributed by atoms with E-state index in [1.165, 1.54) is 11.1 Å². The Morgan fingerprint density at radius 3 is 2.64 bits per heavy atom. The zero-order chi connectivity index (χ0) is 14.9. The number of benzene rings is 1. The predicted molar refractivity (Wildman–Crippen MR) is 87.0 cm³/mol. The van der Waals surface area contributed by atoms with Crippen LogP contribution in [-0.2, 0) is 6.42 Å². The van der Waals surface area contributed by atoms with Crippen LogP contribution in [0.25, 0.3) is 11.1 Å². The van der Waals surface area contributed by atoms with Crippen LogP contribution in [0.3, 0.4) is 0 Å². The van der Waals surface area contributed by atoms with Gasteiger partial charge in [-0.1, -0.05) is 12.1 Å². The first-order valence-corrected chi connectivity index (χ1v) is 7.94. The van der Waals surface area contributed by atoms with Gasteiger partial charge in [0.25, 0.3) is 5.91 Å². The van der Waals surface area contributed by atoms with E-state index in [0.29, 0.717) is 0 Å². The van der Waals surface area contributed by atoms with Gasteiger partial charge in [0.05, 0.1) is 0 Å². The Morgan fingerprint density at radius 1 is 1.09 bits per heavy atom. The molecule has 0 unspecified atom stereocenters. The van der Waals surface area contributed by atoms with Gasteiger partial charge in [-0.2, -0.15) is 0 Å². The van der Waals surface area contributed by atoms with E-state index >= 15 is 0 Å². The second-order valence-electron chi connectivity index (χ2n) is 5.94. The van der Waals surface area contributed by atoms with Gasteiger partial charge in [0.15, 0.2) is 0 Å². The minimum atomic E-state index is 0.158. The number of carbonyl (C=O) groups is 1. The van der Waals surface area contributed by atoms with E-state index in [4.69, 9.17) is 0 Å². The minimum absolute atomic E-state index is 0.158. The number of aromatic nitrogens is 1. The third-order valence-electron chi connectivity index (χ3n) is 4.56. The summed E-state index contributed by atoms with van der Waals surface area (Å²) in [5.41, 5.74) is 4.44. The first-order chi connectivity index (χ1) is 10.8. The molecule has 4 heteroatoms. The standard InChI is InChI=1S/C18H19N3O/c22-18(21-11-1-2-12-21)14-5-3-13(4-6-14)15-7-9-19-17-16(15)8-10-20-17/h3-7,9H,1-2,8,10-12H2,(H,19,20). The molecule has 0 aliphatic carbocycles. The molecule has 1 saturated heterocycles. The van der Waals surface area contributed by atoms with Crippen LogP contribution in [0.5, 0.6) is 0 Å². The smallest absolute Gasteiger partial charge is 0.253 e. The third kappa shape index (κ3) is 2.25. The van der Waals surface area contributed by atoms with Crippen LogP contribution in [0.2, 0.25) is 0 Å². The zero-order valence-electron chi connectivity index (χ0n) is 12.5. The highest BCUT2D eigenvalue weighted by molar-refractivity contribution is 5.95. The largest absolute Gasteiger partial charge is 0.369 e. The van der Waals surface area contributed by atoms with Gasteiger partial charge in [-0.3, -0.25) is 4.79 Å². The summed E-state index contributed by atoms with van der Waals surface area (Å²) in [7, 11) is 0. The molecule has 4 rings (SSSR count). The summed E-state index contributed by atoms with van der Waals surface area (Å²) in [4.78, 5) is 18.7. The number of nitrogens with zero attached hydrogens (tertiary/aromatic N) is 2. The van der Waals surface area contributed by atoms with Crippen LogP contribution >= 0.6 is 0 Å². The summed E-state index contributed by atoms with van der Waals surface area (Å²) >= 11 is 0. The minimum Gasteiger partial charge on any atom is -0.369 e. The molecule has 2 aliphatic rings. The van der Waals surface area contributed by atoms with Crippen molar-refractivity contribution in [1.82, 2.24) is 9.88 Å². The zero-order valence-corrected chi connectivity index (χ0v) is 12.5. The topological polar surface area (TPSA) is 45.2 Å². The fourth-order valence-corrected chi connectivity index (χ4v) is 3.37. The Hall–Kier alpha value is -2.36. The lowest BCUT2D eigenvalue weighted by Gasteiger charge is -2.15. The molecule has 0 radical (unpaired) electrons. The van der Waals surface area contributed by atoms with Crippen LogP contribution in [0, 0.1) is 0 Å². The van der Waals surface area contributed by atoms with Gasteiger partial charge < -0.3 is 10.2 Å². The van der Waals surface area contributed by atoms with Gasteiger partial charge in [-0.15, -0.1) is 0 Å². The Kier molecular flexibility index (Phi) is 3.29. The van der Waals surface area contributed by atoms with Crippen LogP contribution in [0.4, 0.5) is 5.82 Å². The van der Waals surface area contributed by atoms with E-state index in [2.05, 4.69) is 28.5 Å². The van der Waals surface area contributed by atoms with Crippen molar-refractivity contribution in [2.75, 3.05) is 25.0 Å². The molecule has 112 valence electrons. The van der Waals surface area contributed by atoms with Crippen LogP contribution in [0.15, 0.2) is 36.5 Å². The number of hydrogen-bond donors (Lipinski definition) is 1. The molecular weight excluding hydrogens is 274 g/mol. The van der Waals surface area contributed by atoms with Crippen molar-refractivity contribution < 1.29 is 4.79 Å². The van der Waals surface area contributed by atoms with E-state index in [1.807, 2.05) is 23.2 Å². The quantitative estimate of drug-likeness (QED) is 0.926. The second-order valence-corrected chi connectivity index (χ2v) is 5.94. The van der Waals surface area contributed by atoms with E-state index < -0.39 is 0 Å². The number of pyridine rings is 1. The molecule has 3 heterocycles. The van der Waals surface area contributed by atoms with Gasteiger partial charge in [-0.25, -0.2) is 4.98 Å². The molecule has 1 amide bonds. The van der Waals surface area contributed by atoms with Crippen molar-refractivity contribution in [3.63, 3.8) is 0 Å². The fourth-order valence-electron chi connectivity index (χ4n) is 3.37. The molecule has 4 nitrogen and oxygen atoms in total. The Morgan fingerprint density at radius 2 is 1.86 bits per heavy atom. The third-order valence-corrected chi connectivity index (χ3v) is 4.56. The maximum Gasteiger partial charge on any atom is 0.253 e. The number of carbonyl (C=O) groups excluding carboxylic acids is 1. The molecule has 22 heavy (non-hydrogen) atoms. The number of anilines is 1. The summed E-state index contributed by atoms with van der Waals surface area (Å²) in [6, 6.07) is 10.1. The molecule has 1 N–H and O–H groups in total. The molecule has 1 fully saturated rings. The molecule has 1 aromatic heterocycles. The highest BCUT2D eigenvalue weighted by Crippen LogP contribution is 2.31. The van der Waals surface area contributed by atoms with Crippen LogP contribution in [0.1, 0.15) is 28.8 Å². The van der Waals surface area contributed by atoms with Gasteiger partial charge in [0, 0.05) is 37.0 Å². The number of likely N-dealkylation sites (tertiary alicyclic amines) is 1. The predicted octanol–water partition coefficient (Wildman–Crippen LogP) is 2.95. The molecular formula is C18H19N3O. The van der Waals surface area contributed by atoms with Crippen LogP contribution < -0.4 is 5.32 Å². The Labute approximate surface area is 130 Å². The second kappa shape index (κ2) is 5.44. The SMILES string of the molecule is O=C(c1ccc(-c2ccnc3c2CCN3)cc1)N1CCCC1. The van der Waals surface area contributed by atoms with Gasteiger partial charge >= 0.3 is 0 Å². The van der Waals surface area contributed by atoms with Gasteiger partial charge in [-0.05, 0) is 48.6 Å². The number of nitrogens with one attached hydrogen (secondary N) is 1. The monoisotopic (exact) mass is 293 g/mol. The van der Waals surface area contributed by atoms with Crippen molar-refractivity contribution in [1.29, 1.82) is 0 Å². The summed E-state index contributed by atoms with van der Waals surface area (Å²) in [5, 5.41) is 3.31. The number of hydrogen-bond acceptors (Lipinski definition) is 3. The number of rotatable bonds is 2. The van der Waals surface area contributed by atoms with E-state index in [0.717, 1.165) is 55.8 Å². The number of fused-ring (bicyclic) bond motifs is 1. The van der Waals surface area contributed by atoms with Crippen molar-refractivity contribution in [2.45, 2.75) is 19.3 Å². The summed E-state index contributed by atoms with van der Waals surface area (Å²) in [5.74, 6) is 1.15. The summed E-state index contributed by atoms with van der Waals surface area (Å²) in [6.45, 7) is 2.74. The lowest BCUT2D eigenvalue weighted by molar-refractivity contribution is 0.0793. The van der Waals surface area contributed by atoms with Crippen molar-refractivity contribution >= 4 is 11.7 Å². The number of amides is 1. The molecule has 2 aliphatic heterocycles. The molecule has 2 aromatic rings. The average molecular weight is 293 g/mol. The molecule has 0 saturated carbocycles. The van der Waals surface area contributed by atoms with Crippen LogP contribution in [-0.4, -0.2) is 35.4 Å². The van der Waals surface area contributed by atoms with Crippen molar-refractivity contribution in [2.24, 2.45) is 0 Å². The Balaban J connectivity index is 1.62. The molecule has 0 bridgehead atoms. The van der Waals surface area contributed by atoms with Gasteiger partial charge in [0.2, 0.25) is 0 Å². The average Bonchev–Trinajstić information content (AvgIpc) is 3.25. The van der Waals surface area contributed by atoms with Crippen molar-refractivity contribution in [3.05, 3.63) is 47.7 Å². The van der Waals surface area contributed by atoms with Gasteiger partial charge in [0.1, 0.15) is 5.82 Å². The summed E-state index contributed by atoms with van der Waals surface area (Å²) in [6.07, 6.45) is 5.10. The maximum absolute atomic E-state index is 12.4. The highest BCUT2D eigenvalue weighted by Gasteiger charge is 2.20. The summed E-state index contributed by atoms with van der Waals surface area (Å²) < 4.78 is 0. The van der Waals surface area contributed by atoms with Crippen molar-refractivity contribution in [3.8, 4) is 11.1 Å². The molecule has 0 atom stereocenters. The lowest BCUT2D eigenvalue weighted by atomic mass is 9.99. The first kappa shape index (κ1) is 13.3. The first-order valence-electron chi connectivity index (χ1n) is 7.94. The van der Waals surface area contributed by atoms with E-state index in [1.54, 1.807) is 0 Å². The lowest BCUT2D eigenvalue weighted by Crippen LogP contribution is -2.27. The van der Waals surface area contributed by atoms with E-state index in [-0.39, 0.29) is 5.91 Å². The highest BCUT2D eigenvalue weighted by atomic mass is 16.2. The molecule has 0 spiro atoms. The normalized spacial score (nSPS) is 16.5. The van der Waals surface area contributed by atoms with E-state index in [9.17, 15) is 4.79 Å².